The number of ether oxygens (including phenoxy) is 3. The van der Waals surface area contributed by atoms with Crippen molar-refractivity contribution < 1.29 is 23.8 Å². The third kappa shape index (κ3) is 6.09. The molecule has 104 valence electrons. The summed E-state index contributed by atoms with van der Waals surface area (Å²) in [5.74, 6) is -0.452. The zero-order chi connectivity index (χ0) is 13.2. The number of amides is 2. The first-order chi connectivity index (χ1) is 8.74. The number of nitrogens with one attached hydrogen (secondary N) is 1. The van der Waals surface area contributed by atoms with Crippen LogP contribution in [0.1, 0.15) is 19.3 Å². The molecular weight excluding hydrogens is 238 g/mol. The summed E-state index contributed by atoms with van der Waals surface area (Å²) in [6.45, 7) is 2.69. The van der Waals surface area contributed by atoms with Crippen LogP contribution in [0, 0.1) is 5.92 Å². The number of carbonyl (C=O) groups excluding carboxylic acids is 2. The average Bonchev–Trinajstić information content (AvgIpc) is 2.35. The number of imide groups is 1. The minimum Gasteiger partial charge on any atom is -0.382 e. The van der Waals surface area contributed by atoms with Gasteiger partial charge in [0.15, 0.2) is 0 Å². The van der Waals surface area contributed by atoms with Gasteiger partial charge in [0.25, 0.3) is 0 Å². The quantitative estimate of drug-likeness (QED) is 0.470. The summed E-state index contributed by atoms with van der Waals surface area (Å²) < 4.78 is 15.4. The number of carbonyl (C=O) groups is 2. The van der Waals surface area contributed by atoms with Crippen molar-refractivity contribution in [2.24, 2.45) is 5.92 Å². The van der Waals surface area contributed by atoms with Gasteiger partial charge in [-0.1, -0.05) is 0 Å². The zero-order valence-electron chi connectivity index (χ0n) is 10.8. The highest BCUT2D eigenvalue weighted by molar-refractivity contribution is 5.98. The van der Waals surface area contributed by atoms with Crippen LogP contribution in [0.25, 0.3) is 0 Å². The molecule has 1 rings (SSSR count). The van der Waals surface area contributed by atoms with Crippen LogP contribution in [0.15, 0.2) is 0 Å². The van der Waals surface area contributed by atoms with E-state index in [9.17, 15) is 9.59 Å². The molecule has 0 aromatic heterocycles. The molecule has 1 saturated heterocycles. The van der Waals surface area contributed by atoms with E-state index in [1.807, 2.05) is 0 Å². The Morgan fingerprint density at radius 2 is 1.78 bits per heavy atom. The van der Waals surface area contributed by atoms with Crippen molar-refractivity contribution >= 4 is 11.8 Å². The second kappa shape index (κ2) is 9.02. The second-order valence-corrected chi connectivity index (χ2v) is 4.15. The molecule has 0 bridgehead atoms. The lowest BCUT2D eigenvalue weighted by Gasteiger charge is -2.20. The van der Waals surface area contributed by atoms with Gasteiger partial charge >= 0.3 is 0 Å². The van der Waals surface area contributed by atoms with Crippen molar-refractivity contribution in [3.05, 3.63) is 0 Å². The smallest absolute Gasteiger partial charge is 0.229 e. The average molecular weight is 259 g/mol. The molecule has 1 aliphatic rings. The molecule has 0 aromatic rings. The van der Waals surface area contributed by atoms with E-state index >= 15 is 0 Å². The van der Waals surface area contributed by atoms with Crippen molar-refractivity contribution in [2.75, 3.05) is 40.1 Å². The van der Waals surface area contributed by atoms with Crippen molar-refractivity contribution in [1.82, 2.24) is 5.32 Å². The van der Waals surface area contributed by atoms with Crippen LogP contribution in [0.3, 0.4) is 0 Å². The van der Waals surface area contributed by atoms with Crippen LogP contribution >= 0.6 is 0 Å². The molecule has 1 atom stereocenters. The standard InChI is InChI=1S/C12H21NO5/c1-16-6-7-18-9-8-17-5-4-10-2-3-11(14)13-12(10)15/h10H,2-9H2,1H3,(H,13,14,15). The topological polar surface area (TPSA) is 73.9 Å². The molecule has 0 radical (unpaired) electrons. The Labute approximate surface area is 107 Å². The fourth-order valence-electron chi connectivity index (χ4n) is 1.70. The molecule has 6 nitrogen and oxygen atoms in total. The molecule has 1 fully saturated rings. The van der Waals surface area contributed by atoms with E-state index in [1.165, 1.54) is 0 Å². The van der Waals surface area contributed by atoms with E-state index in [-0.39, 0.29) is 17.7 Å². The molecule has 2 amide bonds. The van der Waals surface area contributed by atoms with Gasteiger partial charge in [0.1, 0.15) is 0 Å². The predicted molar refractivity (Wildman–Crippen MR) is 64.0 cm³/mol. The third-order valence-electron chi connectivity index (χ3n) is 2.77. The first-order valence-electron chi connectivity index (χ1n) is 6.22. The number of hydrogen-bond acceptors (Lipinski definition) is 5. The molecule has 0 spiro atoms. The Morgan fingerprint density at radius 1 is 1.11 bits per heavy atom. The van der Waals surface area contributed by atoms with Gasteiger partial charge in [-0.2, -0.15) is 0 Å². The molecule has 18 heavy (non-hydrogen) atoms. The lowest BCUT2D eigenvalue weighted by Crippen LogP contribution is -2.41. The van der Waals surface area contributed by atoms with E-state index in [0.717, 1.165) is 0 Å². The summed E-state index contributed by atoms with van der Waals surface area (Å²) in [6, 6.07) is 0. The minimum atomic E-state index is -0.177. The van der Waals surface area contributed by atoms with Crippen molar-refractivity contribution in [1.29, 1.82) is 0 Å². The molecule has 1 heterocycles. The van der Waals surface area contributed by atoms with Gasteiger partial charge in [-0.3, -0.25) is 14.9 Å². The number of hydrogen-bond donors (Lipinski definition) is 1. The van der Waals surface area contributed by atoms with E-state index in [2.05, 4.69) is 5.32 Å². The van der Waals surface area contributed by atoms with Gasteiger partial charge < -0.3 is 14.2 Å². The highest BCUT2D eigenvalue weighted by Gasteiger charge is 2.25. The Bertz CT molecular complexity index is 269. The summed E-state index contributed by atoms with van der Waals surface area (Å²) in [5.41, 5.74) is 0. The highest BCUT2D eigenvalue weighted by Crippen LogP contribution is 2.15. The maximum Gasteiger partial charge on any atom is 0.229 e. The molecular formula is C12H21NO5. The van der Waals surface area contributed by atoms with Gasteiger partial charge in [0.05, 0.1) is 26.4 Å². The Hall–Kier alpha value is -0.980. The number of methoxy groups -OCH3 is 1. The largest absolute Gasteiger partial charge is 0.382 e. The maximum atomic E-state index is 11.4. The van der Waals surface area contributed by atoms with E-state index < -0.39 is 0 Å². The molecule has 6 heteroatoms. The Kier molecular flexibility index (Phi) is 7.55. The fourth-order valence-corrected chi connectivity index (χ4v) is 1.70. The summed E-state index contributed by atoms with van der Waals surface area (Å²) in [4.78, 5) is 22.3. The minimum absolute atomic E-state index is 0.0999. The van der Waals surface area contributed by atoms with Gasteiger partial charge in [-0.05, 0) is 12.8 Å². The van der Waals surface area contributed by atoms with Crippen molar-refractivity contribution in [3.8, 4) is 0 Å². The normalized spacial score (nSPS) is 19.9. The summed E-state index contributed by atoms with van der Waals surface area (Å²) in [5, 5.41) is 2.33. The van der Waals surface area contributed by atoms with E-state index in [4.69, 9.17) is 14.2 Å². The van der Waals surface area contributed by atoms with Gasteiger partial charge in [-0.25, -0.2) is 0 Å². The summed E-state index contributed by atoms with van der Waals surface area (Å²) >= 11 is 0. The lowest BCUT2D eigenvalue weighted by atomic mass is 9.95. The van der Waals surface area contributed by atoms with Crippen LogP contribution in [-0.4, -0.2) is 52.0 Å². The van der Waals surface area contributed by atoms with Crippen molar-refractivity contribution in [3.63, 3.8) is 0 Å². The Balaban J connectivity index is 1.94. The highest BCUT2D eigenvalue weighted by atomic mass is 16.5. The van der Waals surface area contributed by atoms with Crippen LogP contribution < -0.4 is 5.32 Å². The summed E-state index contributed by atoms with van der Waals surface area (Å²) in [6.07, 6.45) is 1.70. The van der Waals surface area contributed by atoms with E-state index in [0.29, 0.717) is 52.3 Å². The van der Waals surface area contributed by atoms with Crippen LogP contribution in [0.5, 0.6) is 0 Å². The first kappa shape index (κ1) is 15.1. The van der Waals surface area contributed by atoms with Crippen molar-refractivity contribution in [2.45, 2.75) is 19.3 Å². The van der Waals surface area contributed by atoms with Crippen LogP contribution in [0.4, 0.5) is 0 Å². The SMILES string of the molecule is COCCOCCOCCC1CCC(=O)NC1=O. The molecule has 1 unspecified atom stereocenters. The molecule has 1 aliphatic heterocycles. The maximum absolute atomic E-state index is 11.4. The fraction of sp³-hybridized carbons (Fsp3) is 0.833. The lowest BCUT2D eigenvalue weighted by molar-refractivity contribution is -0.136. The summed E-state index contributed by atoms with van der Waals surface area (Å²) in [7, 11) is 1.62. The molecule has 1 N–H and O–H groups in total. The predicted octanol–water partition coefficient (Wildman–Crippen LogP) is 0.109. The van der Waals surface area contributed by atoms with Gasteiger partial charge in [0.2, 0.25) is 11.8 Å². The Morgan fingerprint density at radius 3 is 2.44 bits per heavy atom. The number of piperidine rings is 1. The monoisotopic (exact) mass is 259 g/mol. The van der Waals surface area contributed by atoms with Crippen LogP contribution in [0.2, 0.25) is 0 Å². The van der Waals surface area contributed by atoms with Gasteiger partial charge in [0, 0.05) is 26.1 Å². The first-order valence-corrected chi connectivity index (χ1v) is 6.22. The number of rotatable bonds is 9. The van der Waals surface area contributed by atoms with Crippen LogP contribution in [-0.2, 0) is 23.8 Å². The molecule has 0 aromatic carbocycles. The van der Waals surface area contributed by atoms with E-state index in [1.54, 1.807) is 7.11 Å². The third-order valence-corrected chi connectivity index (χ3v) is 2.77. The van der Waals surface area contributed by atoms with Gasteiger partial charge in [-0.15, -0.1) is 0 Å². The second-order valence-electron chi connectivity index (χ2n) is 4.15. The molecule has 0 saturated carbocycles. The molecule has 0 aliphatic carbocycles. The zero-order valence-corrected chi connectivity index (χ0v) is 10.8.